The Labute approximate surface area is 234 Å². The van der Waals surface area contributed by atoms with Crippen LogP contribution in [0, 0.1) is 26.2 Å². The minimum atomic E-state index is -0.927. The van der Waals surface area contributed by atoms with E-state index < -0.39 is 19.1 Å². The average molecular weight is 549 g/mol. The van der Waals surface area contributed by atoms with Crippen molar-refractivity contribution in [3.8, 4) is 5.00 Å². The first-order chi connectivity index (χ1) is 18.4. The van der Waals surface area contributed by atoms with Gasteiger partial charge in [0.15, 0.2) is 5.82 Å². The number of aliphatic carboxylic acids is 1. The van der Waals surface area contributed by atoms with Gasteiger partial charge >= 0.3 is 13.1 Å². The Morgan fingerprint density at radius 3 is 2.54 bits per heavy atom. The van der Waals surface area contributed by atoms with Gasteiger partial charge in [-0.05, 0) is 63.9 Å². The fraction of sp³-hybridized carbons (Fsp3) is 0.517. The van der Waals surface area contributed by atoms with Gasteiger partial charge in [0.2, 0.25) is 0 Å². The number of carboxylic acid groups (broad SMARTS) is 1. The quantitative estimate of drug-likeness (QED) is 0.442. The smallest absolute Gasteiger partial charge is 0.481 e. The summed E-state index contributed by atoms with van der Waals surface area (Å²) in [5.41, 5.74) is 4.40. The van der Waals surface area contributed by atoms with Crippen molar-refractivity contribution < 1.29 is 19.2 Å². The van der Waals surface area contributed by atoms with Crippen molar-refractivity contribution in [2.75, 3.05) is 6.61 Å². The van der Waals surface area contributed by atoms with Crippen LogP contribution in [-0.2, 0) is 14.1 Å². The van der Waals surface area contributed by atoms with E-state index in [1.165, 1.54) is 4.88 Å². The van der Waals surface area contributed by atoms with Crippen molar-refractivity contribution in [2.24, 2.45) is 10.4 Å². The predicted octanol–water partition coefficient (Wildman–Crippen LogP) is 5.34. The highest BCUT2D eigenvalue weighted by molar-refractivity contribution is 7.15. The number of rotatable bonds is 4. The van der Waals surface area contributed by atoms with Crippen LogP contribution in [0.3, 0.4) is 0 Å². The van der Waals surface area contributed by atoms with Crippen LogP contribution in [0.25, 0.3) is 5.00 Å². The summed E-state index contributed by atoms with van der Waals surface area (Å²) in [5.74, 6) is 0.347. The van der Waals surface area contributed by atoms with Crippen molar-refractivity contribution in [1.82, 2.24) is 14.8 Å². The van der Waals surface area contributed by atoms with Gasteiger partial charge in [-0.15, -0.1) is 21.5 Å². The van der Waals surface area contributed by atoms with Crippen LogP contribution < -0.4 is 5.46 Å². The molecule has 206 valence electrons. The van der Waals surface area contributed by atoms with Gasteiger partial charge in [-0.25, -0.2) is 0 Å². The monoisotopic (exact) mass is 548 g/mol. The highest BCUT2D eigenvalue weighted by Gasteiger charge is 2.42. The molecule has 2 aliphatic heterocycles. The topological polar surface area (TPSA) is 98.8 Å². The second-order valence-corrected chi connectivity index (χ2v) is 13.0. The summed E-state index contributed by atoms with van der Waals surface area (Å²) < 4.78 is 14.8. The van der Waals surface area contributed by atoms with Gasteiger partial charge in [-0.3, -0.25) is 14.4 Å². The number of aryl methyl sites for hydroxylation is 2. The highest BCUT2D eigenvalue weighted by atomic mass is 32.1. The van der Waals surface area contributed by atoms with E-state index in [4.69, 9.17) is 14.3 Å². The Morgan fingerprint density at radius 2 is 1.85 bits per heavy atom. The molecule has 1 aromatic carbocycles. The molecule has 4 heterocycles. The maximum atomic E-state index is 11.8. The van der Waals surface area contributed by atoms with E-state index in [9.17, 15) is 9.90 Å². The molecule has 10 heteroatoms. The van der Waals surface area contributed by atoms with Crippen LogP contribution in [0.4, 0.5) is 0 Å². The number of hydrogen-bond donors (Lipinski definition) is 1. The molecule has 3 aromatic rings. The maximum Gasteiger partial charge on any atom is 0.494 e. The molecular weight excluding hydrogens is 511 g/mol. The lowest BCUT2D eigenvalue weighted by Gasteiger charge is -2.42. The fourth-order valence-corrected chi connectivity index (χ4v) is 6.49. The predicted molar refractivity (Wildman–Crippen MR) is 155 cm³/mol. The number of nitrogens with zero attached hydrogens (tertiary/aromatic N) is 4. The first-order valence-electron chi connectivity index (χ1n) is 13.6. The van der Waals surface area contributed by atoms with Crippen LogP contribution in [-0.4, -0.2) is 50.9 Å². The largest absolute Gasteiger partial charge is 0.494 e. The Kier molecular flexibility index (Phi) is 7.33. The SMILES string of the molecule is Cc1sc2c(c1C)C(c1ccc(B3OCCCCC(C)(C)C(C)(C)O3)cc1)=N[C@@H](CC(=O)O)c1nnc(C)n1-2. The third kappa shape index (κ3) is 5.10. The van der Waals surface area contributed by atoms with E-state index >= 15 is 0 Å². The summed E-state index contributed by atoms with van der Waals surface area (Å²) in [7, 11) is -0.471. The lowest BCUT2D eigenvalue weighted by atomic mass is 9.70. The molecule has 1 fully saturated rings. The minimum absolute atomic E-state index is 0.00934. The third-order valence-corrected chi connectivity index (χ3v) is 9.75. The number of carbonyl (C=O) groups is 1. The number of thiophene rings is 1. The molecular formula is C29H37BN4O4S. The third-order valence-electron chi connectivity index (χ3n) is 8.56. The zero-order valence-corrected chi connectivity index (χ0v) is 24.7. The van der Waals surface area contributed by atoms with Crippen LogP contribution in [0.1, 0.15) is 92.6 Å². The molecule has 0 amide bonds. The molecule has 0 radical (unpaired) electrons. The van der Waals surface area contributed by atoms with Crippen LogP contribution in [0.5, 0.6) is 0 Å². The fourth-order valence-electron chi connectivity index (χ4n) is 5.27. The van der Waals surface area contributed by atoms with Gasteiger partial charge in [0.05, 0.1) is 17.7 Å². The van der Waals surface area contributed by atoms with Crippen LogP contribution >= 0.6 is 11.3 Å². The van der Waals surface area contributed by atoms with Gasteiger partial charge in [-0.1, -0.05) is 44.5 Å². The summed E-state index contributed by atoms with van der Waals surface area (Å²) >= 11 is 1.66. The second-order valence-electron chi connectivity index (χ2n) is 11.8. The van der Waals surface area contributed by atoms with Gasteiger partial charge in [0.1, 0.15) is 16.9 Å². The first kappa shape index (κ1) is 27.7. The Bertz CT molecular complexity index is 1420. The number of fused-ring (bicyclic) bond motifs is 3. The average Bonchev–Trinajstić information content (AvgIpc) is 3.35. The Hall–Kier alpha value is -2.82. The molecule has 2 aliphatic rings. The molecule has 0 spiro atoms. The van der Waals surface area contributed by atoms with Crippen molar-refractivity contribution in [3.05, 3.63) is 57.5 Å². The van der Waals surface area contributed by atoms with E-state index in [0.29, 0.717) is 12.4 Å². The normalized spacial score (nSPS) is 20.6. The zero-order chi connectivity index (χ0) is 28.1. The molecule has 0 bridgehead atoms. The lowest BCUT2D eigenvalue weighted by Crippen LogP contribution is -2.50. The summed E-state index contributed by atoms with van der Waals surface area (Å²) in [6, 6.07) is 7.51. The summed E-state index contributed by atoms with van der Waals surface area (Å²) in [6.45, 7) is 15.6. The molecule has 1 N–H and O–H groups in total. The molecule has 0 unspecified atom stereocenters. The molecule has 1 saturated heterocycles. The standard InChI is InChI=1S/C29H37BN4O4S/c1-17-18(2)39-27-24(17)25(31-22(16-23(35)36)26-33-32-19(3)34(26)27)20-10-12-21(13-11-20)30-37-15-9-8-14-28(4,5)29(6,7)38-30/h10-13,22H,8-9,14-16H2,1-7H3,(H,35,36)/t22-/m0/s1. The number of aromatic nitrogens is 3. The van der Waals surface area contributed by atoms with E-state index in [2.05, 4.69) is 51.7 Å². The number of benzene rings is 1. The van der Waals surface area contributed by atoms with Crippen molar-refractivity contribution in [3.63, 3.8) is 0 Å². The van der Waals surface area contributed by atoms with Gasteiger partial charge in [0.25, 0.3) is 0 Å². The summed E-state index contributed by atoms with van der Waals surface area (Å²) in [4.78, 5) is 18.0. The molecule has 0 saturated carbocycles. The van der Waals surface area contributed by atoms with Gasteiger partial charge in [-0.2, -0.15) is 0 Å². The second kappa shape index (κ2) is 10.3. The molecule has 39 heavy (non-hydrogen) atoms. The summed E-state index contributed by atoms with van der Waals surface area (Å²) in [5, 5.41) is 19.3. The van der Waals surface area contributed by atoms with E-state index in [1.54, 1.807) is 11.3 Å². The molecule has 1 atom stereocenters. The van der Waals surface area contributed by atoms with E-state index in [-0.39, 0.29) is 17.4 Å². The van der Waals surface area contributed by atoms with Crippen molar-refractivity contribution in [2.45, 2.75) is 85.8 Å². The summed E-state index contributed by atoms with van der Waals surface area (Å²) in [6.07, 6.45) is 3.03. The lowest BCUT2D eigenvalue weighted by molar-refractivity contribution is -0.137. The molecule has 2 aromatic heterocycles. The highest BCUT2D eigenvalue weighted by Crippen LogP contribution is 2.41. The number of hydrogen-bond acceptors (Lipinski definition) is 7. The number of aliphatic imine (C=N–C) groups is 1. The molecule has 0 aliphatic carbocycles. The number of carboxylic acids is 1. The molecule has 5 rings (SSSR count). The van der Waals surface area contributed by atoms with E-state index in [1.807, 2.05) is 35.8 Å². The van der Waals surface area contributed by atoms with Crippen molar-refractivity contribution in [1.29, 1.82) is 0 Å². The minimum Gasteiger partial charge on any atom is -0.481 e. The van der Waals surface area contributed by atoms with Crippen molar-refractivity contribution >= 4 is 35.6 Å². The van der Waals surface area contributed by atoms with E-state index in [0.717, 1.165) is 58.0 Å². The van der Waals surface area contributed by atoms with Gasteiger partial charge in [0, 0.05) is 22.6 Å². The van der Waals surface area contributed by atoms with Crippen LogP contribution in [0.2, 0.25) is 0 Å². The Balaban J connectivity index is 1.57. The zero-order valence-electron chi connectivity index (χ0n) is 23.9. The van der Waals surface area contributed by atoms with Gasteiger partial charge < -0.3 is 14.4 Å². The van der Waals surface area contributed by atoms with Crippen LogP contribution in [0.15, 0.2) is 29.3 Å². The maximum absolute atomic E-state index is 11.8. The first-order valence-corrected chi connectivity index (χ1v) is 14.4. The Morgan fingerprint density at radius 1 is 1.13 bits per heavy atom. The molecule has 8 nitrogen and oxygen atoms in total.